The summed E-state index contributed by atoms with van der Waals surface area (Å²) < 4.78 is 28.7. The molecule has 8 heteroatoms. The quantitative estimate of drug-likeness (QED) is 0.658. The first-order chi connectivity index (χ1) is 11.5. The topological polar surface area (TPSA) is 41.6 Å². The van der Waals surface area contributed by atoms with E-state index in [2.05, 4.69) is 10.1 Å². The third-order valence-electron chi connectivity index (χ3n) is 3.38. The van der Waals surface area contributed by atoms with E-state index in [1.54, 1.807) is 6.08 Å². The molecule has 24 heavy (non-hydrogen) atoms. The molecule has 0 spiro atoms. The number of nitrogens with one attached hydrogen (secondary N) is 1. The molecule has 1 amide bonds. The van der Waals surface area contributed by atoms with Crippen LogP contribution in [0.4, 0.5) is 14.5 Å². The molecule has 3 rings (SSSR count). The number of anilines is 1. The molecule has 1 aromatic carbocycles. The minimum absolute atomic E-state index is 0.0178. The lowest BCUT2D eigenvalue weighted by atomic mass is 10.2. The van der Waals surface area contributed by atoms with Gasteiger partial charge in [0.2, 0.25) is 0 Å². The summed E-state index contributed by atoms with van der Waals surface area (Å²) in [5.41, 5.74) is 1.92. The standard InChI is InChI=1S/C16H12F2N2O2S2/c1-9-6-7-24-13(9)8-12-14(21)20(16(23)19-12)10-2-4-11(5-3-10)22-15(17)18/h2-8,15H,1H3,(H,19,23)/b12-8+. The van der Waals surface area contributed by atoms with Gasteiger partial charge in [-0.05, 0) is 66.5 Å². The van der Waals surface area contributed by atoms with Crippen molar-refractivity contribution in [3.8, 4) is 5.75 Å². The molecule has 0 aliphatic carbocycles. The van der Waals surface area contributed by atoms with Gasteiger partial charge in [-0.2, -0.15) is 8.78 Å². The Bertz CT molecular complexity index is 816. The first-order valence-electron chi connectivity index (χ1n) is 6.92. The van der Waals surface area contributed by atoms with Gasteiger partial charge in [0.1, 0.15) is 11.4 Å². The Balaban J connectivity index is 1.84. The van der Waals surface area contributed by atoms with Crippen LogP contribution in [0.15, 0.2) is 41.4 Å². The first-order valence-corrected chi connectivity index (χ1v) is 8.20. The van der Waals surface area contributed by atoms with Crippen LogP contribution in [0.5, 0.6) is 5.75 Å². The van der Waals surface area contributed by atoms with Gasteiger partial charge in [0.05, 0.1) is 5.69 Å². The molecule has 124 valence electrons. The predicted octanol–water partition coefficient (Wildman–Crippen LogP) is 3.92. The molecule has 4 nitrogen and oxygen atoms in total. The van der Waals surface area contributed by atoms with Gasteiger partial charge < -0.3 is 10.1 Å². The maximum absolute atomic E-state index is 12.6. The fourth-order valence-electron chi connectivity index (χ4n) is 2.21. The number of hydrogen-bond acceptors (Lipinski definition) is 4. The van der Waals surface area contributed by atoms with Crippen molar-refractivity contribution in [2.45, 2.75) is 13.5 Å². The number of thiocarbonyl (C=S) groups is 1. The van der Waals surface area contributed by atoms with Gasteiger partial charge >= 0.3 is 6.61 Å². The fraction of sp³-hybridized carbons (Fsp3) is 0.125. The number of carbonyl (C=O) groups is 1. The summed E-state index contributed by atoms with van der Waals surface area (Å²) in [6.07, 6.45) is 1.75. The molecule has 2 heterocycles. The van der Waals surface area contributed by atoms with Crippen molar-refractivity contribution in [2.24, 2.45) is 0 Å². The Morgan fingerprint density at radius 1 is 1.29 bits per heavy atom. The number of ether oxygens (including phenoxy) is 1. The maximum atomic E-state index is 12.6. The molecule has 0 atom stereocenters. The lowest BCUT2D eigenvalue weighted by Gasteiger charge is -2.14. The highest BCUT2D eigenvalue weighted by Gasteiger charge is 2.32. The van der Waals surface area contributed by atoms with E-state index in [0.717, 1.165) is 10.4 Å². The van der Waals surface area contributed by atoms with E-state index < -0.39 is 6.61 Å². The zero-order chi connectivity index (χ0) is 17.3. The van der Waals surface area contributed by atoms with Gasteiger partial charge in [-0.3, -0.25) is 9.69 Å². The molecule has 0 saturated carbocycles. The van der Waals surface area contributed by atoms with E-state index >= 15 is 0 Å². The lowest BCUT2D eigenvalue weighted by molar-refractivity contribution is -0.113. The Labute approximate surface area is 146 Å². The van der Waals surface area contributed by atoms with Crippen LogP contribution in [0.2, 0.25) is 0 Å². The Morgan fingerprint density at radius 2 is 2.00 bits per heavy atom. The SMILES string of the molecule is Cc1ccsc1/C=C1/NC(=S)N(c2ccc(OC(F)F)cc2)C1=O. The molecule has 0 bridgehead atoms. The second-order valence-electron chi connectivity index (χ2n) is 4.97. The second-order valence-corrected chi connectivity index (χ2v) is 6.30. The van der Waals surface area contributed by atoms with E-state index in [4.69, 9.17) is 12.2 Å². The lowest BCUT2D eigenvalue weighted by Crippen LogP contribution is -2.30. The molecule has 0 unspecified atom stereocenters. The average Bonchev–Trinajstić information content (AvgIpc) is 3.04. The van der Waals surface area contributed by atoms with Crippen LogP contribution in [0, 0.1) is 6.92 Å². The third-order valence-corrected chi connectivity index (χ3v) is 4.63. The van der Waals surface area contributed by atoms with Crippen LogP contribution < -0.4 is 15.0 Å². The van der Waals surface area contributed by atoms with E-state index in [1.165, 1.54) is 40.5 Å². The van der Waals surface area contributed by atoms with Crippen LogP contribution in [-0.4, -0.2) is 17.6 Å². The van der Waals surface area contributed by atoms with Crippen LogP contribution in [-0.2, 0) is 4.79 Å². The average molecular weight is 366 g/mol. The number of thiophene rings is 1. The Morgan fingerprint density at radius 3 is 2.58 bits per heavy atom. The molecule has 1 N–H and O–H groups in total. The van der Waals surface area contributed by atoms with Gasteiger partial charge in [-0.15, -0.1) is 11.3 Å². The normalized spacial score (nSPS) is 16.2. The van der Waals surface area contributed by atoms with Crippen molar-refractivity contribution >= 4 is 46.3 Å². The molecule has 1 aromatic heterocycles. The number of aryl methyl sites for hydroxylation is 1. The fourth-order valence-corrected chi connectivity index (χ4v) is 3.37. The van der Waals surface area contributed by atoms with E-state index in [9.17, 15) is 13.6 Å². The van der Waals surface area contributed by atoms with Crippen molar-refractivity contribution in [3.63, 3.8) is 0 Å². The molecule has 1 saturated heterocycles. The zero-order valence-electron chi connectivity index (χ0n) is 12.5. The van der Waals surface area contributed by atoms with Crippen molar-refractivity contribution < 1.29 is 18.3 Å². The number of rotatable bonds is 4. The summed E-state index contributed by atoms with van der Waals surface area (Å²) in [5.74, 6) is -0.278. The van der Waals surface area contributed by atoms with E-state index in [-0.39, 0.29) is 16.8 Å². The molecular weight excluding hydrogens is 354 g/mol. The highest BCUT2D eigenvalue weighted by molar-refractivity contribution is 7.80. The van der Waals surface area contributed by atoms with E-state index in [1.807, 2.05) is 18.4 Å². The number of benzene rings is 1. The highest BCUT2D eigenvalue weighted by atomic mass is 32.1. The van der Waals surface area contributed by atoms with Crippen molar-refractivity contribution in [1.82, 2.24) is 5.32 Å². The summed E-state index contributed by atoms with van der Waals surface area (Å²) >= 11 is 6.74. The summed E-state index contributed by atoms with van der Waals surface area (Å²) in [5, 5.41) is 5.07. The molecule has 2 aromatic rings. The van der Waals surface area contributed by atoms with Crippen molar-refractivity contribution in [2.75, 3.05) is 4.90 Å². The number of carbonyl (C=O) groups excluding carboxylic acids is 1. The number of alkyl halides is 2. The molecule has 0 radical (unpaired) electrons. The largest absolute Gasteiger partial charge is 0.435 e. The third kappa shape index (κ3) is 3.29. The zero-order valence-corrected chi connectivity index (χ0v) is 14.1. The number of hydrogen-bond donors (Lipinski definition) is 1. The molecule has 1 aliphatic rings. The van der Waals surface area contributed by atoms with Crippen LogP contribution in [0.3, 0.4) is 0 Å². The number of nitrogens with zero attached hydrogens (tertiary/aromatic N) is 1. The first kappa shape index (κ1) is 16.5. The molecule has 1 aliphatic heterocycles. The van der Waals surface area contributed by atoms with Crippen LogP contribution >= 0.6 is 23.6 Å². The minimum atomic E-state index is -2.89. The van der Waals surface area contributed by atoms with Crippen molar-refractivity contribution in [1.29, 1.82) is 0 Å². The number of halogens is 2. The van der Waals surface area contributed by atoms with Gasteiger partial charge in [0, 0.05) is 4.88 Å². The minimum Gasteiger partial charge on any atom is -0.435 e. The smallest absolute Gasteiger partial charge is 0.387 e. The summed E-state index contributed by atoms with van der Waals surface area (Å²) in [6.45, 7) is -0.935. The van der Waals surface area contributed by atoms with Crippen molar-refractivity contribution in [3.05, 3.63) is 51.8 Å². The molecular formula is C16H12F2N2O2S2. The number of amides is 1. The van der Waals surface area contributed by atoms with Gasteiger partial charge in [-0.25, -0.2) is 0 Å². The Hall–Kier alpha value is -2.32. The monoisotopic (exact) mass is 366 g/mol. The molecule has 1 fully saturated rings. The maximum Gasteiger partial charge on any atom is 0.387 e. The second kappa shape index (κ2) is 6.66. The predicted molar refractivity (Wildman–Crippen MR) is 93.3 cm³/mol. The summed E-state index contributed by atoms with van der Waals surface area (Å²) in [6, 6.07) is 7.70. The summed E-state index contributed by atoms with van der Waals surface area (Å²) in [4.78, 5) is 14.9. The summed E-state index contributed by atoms with van der Waals surface area (Å²) in [7, 11) is 0. The van der Waals surface area contributed by atoms with E-state index in [0.29, 0.717) is 11.4 Å². The highest BCUT2D eigenvalue weighted by Crippen LogP contribution is 2.26. The Kier molecular flexibility index (Phi) is 4.59. The van der Waals surface area contributed by atoms with Crippen LogP contribution in [0.25, 0.3) is 6.08 Å². The van der Waals surface area contributed by atoms with Crippen LogP contribution in [0.1, 0.15) is 10.4 Å². The van der Waals surface area contributed by atoms with Gasteiger partial charge in [0.25, 0.3) is 5.91 Å². The van der Waals surface area contributed by atoms with Gasteiger partial charge in [0.15, 0.2) is 5.11 Å². The van der Waals surface area contributed by atoms with Gasteiger partial charge in [-0.1, -0.05) is 0 Å².